The lowest BCUT2D eigenvalue weighted by Gasteiger charge is -2.30. The van der Waals surface area contributed by atoms with Crippen LogP contribution in [-0.4, -0.2) is 39.8 Å². The molecule has 1 atom stereocenters. The van der Waals surface area contributed by atoms with E-state index in [0.29, 0.717) is 5.75 Å². The molecule has 3 rings (SSSR count). The van der Waals surface area contributed by atoms with Crippen molar-refractivity contribution in [2.45, 2.75) is 19.4 Å². The molecular formula is C23H25FN2O4S. The number of nitrogens with zero attached hydrogens (tertiary/aromatic N) is 1. The normalized spacial score (nSPS) is 12.4. The van der Waals surface area contributed by atoms with Crippen LogP contribution in [0.4, 0.5) is 10.1 Å². The summed E-state index contributed by atoms with van der Waals surface area (Å²) in [5.74, 6) is -0.220. The third kappa shape index (κ3) is 5.52. The number of benzene rings is 3. The summed E-state index contributed by atoms with van der Waals surface area (Å²) in [6, 6.07) is 17.6. The van der Waals surface area contributed by atoms with Gasteiger partial charge in [0.05, 0.1) is 18.5 Å². The van der Waals surface area contributed by atoms with Crippen molar-refractivity contribution in [2.24, 2.45) is 0 Å². The molecule has 0 aliphatic heterocycles. The van der Waals surface area contributed by atoms with Gasteiger partial charge in [-0.25, -0.2) is 12.8 Å². The second-order valence-corrected chi connectivity index (χ2v) is 8.94. The molecule has 0 spiro atoms. The molecule has 0 radical (unpaired) electrons. The number of rotatable bonds is 9. The minimum absolute atomic E-state index is 0.208. The van der Waals surface area contributed by atoms with Gasteiger partial charge in [-0.2, -0.15) is 0 Å². The topological polar surface area (TPSA) is 75.7 Å². The number of nitrogens with one attached hydrogen (secondary N) is 1. The van der Waals surface area contributed by atoms with E-state index in [2.05, 4.69) is 5.32 Å². The van der Waals surface area contributed by atoms with Crippen LogP contribution in [0.3, 0.4) is 0 Å². The van der Waals surface area contributed by atoms with Gasteiger partial charge in [0.1, 0.15) is 24.2 Å². The zero-order valence-corrected chi connectivity index (χ0v) is 18.2. The van der Waals surface area contributed by atoms with Crippen molar-refractivity contribution in [1.82, 2.24) is 5.32 Å². The van der Waals surface area contributed by atoms with Gasteiger partial charge in [-0.1, -0.05) is 43.3 Å². The van der Waals surface area contributed by atoms with E-state index in [1.807, 2.05) is 42.5 Å². The molecule has 0 aliphatic rings. The van der Waals surface area contributed by atoms with Crippen molar-refractivity contribution in [3.05, 3.63) is 72.5 Å². The van der Waals surface area contributed by atoms with E-state index >= 15 is 0 Å². The summed E-state index contributed by atoms with van der Waals surface area (Å²) in [6.45, 7) is 2.16. The molecule has 0 aromatic heterocycles. The van der Waals surface area contributed by atoms with Crippen molar-refractivity contribution < 1.29 is 22.3 Å². The van der Waals surface area contributed by atoms with E-state index in [1.54, 1.807) is 6.92 Å². The lowest BCUT2D eigenvalue weighted by Crippen LogP contribution is -2.50. The highest BCUT2D eigenvalue weighted by Crippen LogP contribution is 2.25. The molecule has 1 amide bonds. The smallest absolute Gasteiger partial charge is 0.244 e. The summed E-state index contributed by atoms with van der Waals surface area (Å²) in [7, 11) is -3.77. The van der Waals surface area contributed by atoms with Gasteiger partial charge in [-0.15, -0.1) is 0 Å². The van der Waals surface area contributed by atoms with Gasteiger partial charge in [0, 0.05) is 5.39 Å². The highest BCUT2D eigenvalue weighted by Gasteiger charge is 2.31. The van der Waals surface area contributed by atoms with Crippen LogP contribution >= 0.6 is 0 Å². The third-order valence-electron chi connectivity index (χ3n) is 4.82. The van der Waals surface area contributed by atoms with Gasteiger partial charge in [-0.3, -0.25) is 9.10 Å². The van der Waals surface area contributed by atoms with Crippen LogP contribution in [0.5, 0.6) is 5.75 Å². The number of amides is 1. The molecule has 0 saturated heterocycles. The second-order valence-electron chi connectivity index (χ2n) is 7.08. The third-order valence-corrected chi connectivity index (χ3v) is 6.00. The fourth-order valence-corrected chi connectivity index (χ4v) is 4.63. The number of carbonyl (C=O) groups excluding carboxylic acids is 1. The average Bonchev–Trinajstić information content (AvgIpc) is 2.75. The zero-order chi connectivity index (χ0) is 22.4. The highest BCUT2D eigenvalue weighted by molar-refractivity contribution is 7.92. The monoisotopic (exact) mass is 444 g/mol. The SMILES string of the molecule is CCC(C(=O)NCCOc1cccc2ccccc12)N(c1ccc(F)cc1)S(C)(=O)=O. The van der Waals surface area contributed by atoms with Crippen molar-refractivity contribution >= 4 is 32.4 Å². The summed E-state index contributed by atoms with van der Waals surface area (Å²) in [4.78, 5) is 12.8. The summed E-state index contributed by atoms with van der Waals surface area (Å²) < 4.78 is 44.9. The maximum absolute atomic E-state index is 13.3. The first kappa shape index (κ1) is 22.6. The van der Waals surface area contributed by atoms with Crippen LogP contribution in [0.25, 0.3) is 10.8 Å². The van der Waals surface area contributed by atoms with Gasteiger partial charge in [-0.05, 0) is 42.1 Å². The van der Waals surface area contributed by atoms with E-state index in [-0.39, 0.29) is 25.3 Å². The van der Waals surface area contributed by atoms with Crippen molar-refractivity contribution in [2.75, 3.05) is 23.7 Å². The second kappa shape index (κ2) is 9.78. The molecule has 0 aliphatic carbocycles. The largest absolute Gasteiger partial charge is 0.491 e. The van der Waals surface area contributed by atoms with Gasteiger partial charge in [0.2, 0.25) is 15.9 Å². The number of sulfonamides is 1. The molecule has 0 saturated carbocycles. The van der Waals surface area contributed by atoms with Crippen molar-refractivity contribution in [3.8, 4) is 5.75 Å². The minimum atomic E-state index is -3.77. The fraction of sp³-hybridized carbons (Fsp3) is 0.261. The molecule has 0 bridgehead atoms. The lowest BCUT2D eigenvalue weighted by molar-refractivity contribution is -0.122. The van der Waals surface area contributed by atoms with E-state index in [1.165, 1.54) is 12.1 Å². The molecule has 0 heterocycles. The van der Waals surface area contributed by atoms with Crippen LogP contribution in [0.2, 0.25) is 0 Å². The molecule has 0 fully saturated rings. The Labute approximate surface area is 181 Å². The van der Waals surface area contributed by atoms with Crippen molar-refractivity contribution in [1.29, 1.82) is 0 Å². The Morgan fingerprint density at radius 2 is 1.74 bits per heavy atom. The van der Waals surface area contributed by atoms with E-state index in [4.69, 9.17) is 4.74 Å². The number of anilines is 1. The molecule has 1 unspecified atom stereocenters. The molecule has 8 heteroatoms. The van der Waals surface area contributed by atoms with Gasteiger partial charge in [0.15, 0.2) is 0 Å². The summed E-state index contributed by atoms with van der Waals surface area (Å²) >= 11 is 0. The number of carbonyl (C=O) groups is 1. The van der Waals surface area contributed by atoms with Gasteiger partial charge >= 0.3 is 0 Å². The number of fused-ring (bicyclic) bond motifs is 1. The molecule has 1 N–H and O–H groups in total. The van der Waals surface area contributed by atoms with Gasteiger partial charge < -0.3 is 10.1 Å². The lowest BCUT2D eigenvalue weighted by atomic mass is 10.1. The fourth-order valence-electron chi connectivity index (χ4n) is 3.42. The van der Waals surface area contributed by atoms with Crippen LogP contribution in [-0.2, 0) is 14.8 Å². The molecular weight excluding hydrogens is 419 g/mol. The first-order valence-corrected chi connectivity index (χ1v) is 11.8. The summed E-state index contributed by atoms with van der Waals surface area (Å²) in [6.07, 6.45) is 1.27. The van der Waals surface area contributed by atoms with Gasteiger partial charge in [0.25, 0.3) is 0 Å². The summed E-state index contributed by atoms with van der Waals surface area (Å²) in [5, 5.41) is 4.77. The number of halogens is 1. The Bertz CT molecular complexity index is 1140. The van der Waals surface area contributed by atoms with Crippen LogP contribution in [0.15, 0.2) is 66.7 Å². The Kier molecular flexibility index (Phi) is 7.12. The Morgan fingerprint density at radius 1 is 1.06 bits per heavy atom. The Balaban J connectivity index is 1.66. The maximum Gasteiger partial charge on any atom is 0.244 e. The quantitative estimate of drug-likeness (QED) is 0.511. The van der Waals surface area contributed by atoms with Crippen LogP contribution in [0, 0.1) is 5.82 Å². The zero-order valence-electron chi connectivity index (χ0n) is 17.4. The molecule has 31 heavy (non-hydrogen) atoms. The predicted molar refractivity (Wildman–Crippen MR) is 120 cm³/mol. The summed E-state index contributed by atoms with van der Waals surface area (Å²) in [5.41, 5.74) is 0.234. The highest BCUT2D eigenvalue weighted by atomic mass is 32.2. The van der Waals surface area contributed by atoms with Crippen LogP contribution < -0.4 is 14.4 Å². The average molecular weight is 445 g/mol. The Hall–Kier alpha value is -3.13. The maximum atomic E-state index is 13.3. The standard InChI is InChI=1S/C23H25FN2O4S/c1-3-21(26(31(2,28)29)19-13-11-18(24)12-14-19)23(27)25-15-16-30-22-10-6-8-17-7-4-5-9-20(17)22/h4-14,21H,3,15-16H2,1-2H3,(H,25,27). The molecule has 6 nitrogen and oxygen atoms in total. The molecule has 164 valence electrons. The number of hydrogen-bond donors (Lipinski definition) is 1. The van der Waals surface area contributed by atoms with Crippen molar-refractivity contribution in [3.63, 3.8) is 0 Å². The minimum Gasteiger partial charge on any atom is -0.491 e. The van der Waals surface area contributed by atoms with Crippen LogP contribution in [0.1, 0.15) is 13.3 Å². The predicted octanol–water partition coefficient (Wildman–Crippen LogP) is 3.72. The number of hydrogen-bond acceptors (Lipinski definition) is 4. The molecule has 3 aromatic carbocycles. The number of ether oxygens (including phenoxy) is 1. The van der Waals surface area contributed by atoms with E-state index in [9.17, 15) is 17.6 Å². The first-order chi connectivity index (χ1) is 14.8. The molecule has 3 aromatic rings. The Morgan fingerprint density at radius 3 is 2.42 bits per heavy atom. The van der Waals surface area contributed by atoms with E-state index < -0.39 is 27.8 Å². The van der Waals surface area contributed by atoms with E-state index in [0.717, 1.165) is 33.5 Å². The first-order valence-electron chi connectivity index (χ1n) is 9.94.